The molecule has 0 fully saturated rings. The third-order valence-corrected chi connectivity index (χ3v) is 11.3. The van der Waals surface area contributed by atoms with Gasteiger partial charge in [0, 0.05) is 43.9 Å². The van der Waals surface area contributed by atoms with Crippen molar-refractivity contribution in [3.05, 3.63) is 170 Å². The lowest BCUT2D eigenvalue weighted by molar-refractivity contribution is 1.18. The van der Waals surface area contributed by atoms with Gasteiger partial charge < -0.3 is 4.57 Å². The Labute approximate surface area is 302 Å². The second-order valence-electron chi connectivity index (χ2n) is 13.2. The number of para-hydroxylation sites is 1. The highest BCUT2D eigenvalue weighted by Crippen LogP contribution is 2.46. The fraction of sp³-hybridized carbons (Fsp3) is 0. The first kappa shape index (κ1) is 29.1. The summed E-state index contributed by atoms with van der Waals surface area (Å²) in [6, 6.07) is 60.0. The zero-order valence-electron chi connectivity index (χ0n) is 27.9. The monoisotopic (exact) mass is 680 g/mol. The van der Waals surface area contributed by atoms with Crippen LogP contribution in [0.2, 0.25) is 0 Å². The van der Waals surface area contributed by atoms with Gasteiger partial charge in [-0.3, -0.25) is 0 Å². The second kappa shape index (κ2) is 11.4. The van der Waals surface area contributed by atoms with Crippen LogP contribution in [0.4, 0.5) is 0 Å². The van der Waals surface area contributed by atoms with E-state index in [9.17, 15) is 0 Å². The van der Waals surface area contributed by atoms with Crippen LogP contribution in [0.5, 0.6) is 0 Å². The fourth-order valence-corrected chi connectivity index (χ4v) is 9.03. The summed E-state index contributed by atoms with van der Waals surface area (Å²) in [5.74, 6) is 0.702. The van der Waals surface area contributed by atoms with Gasteiger partial charge >= 0.3 is 0 Å². The molecule has 0 saturated heterocycles. The van der Waals surface area contributed by atoms with Crippen molar-refractivity contribution in [2.75, 3.05) is 0 Å². The molecule has 8 aromatic carbocycles. The molecule has 0 unspecified atom stereocenters. The third kappa shape index (κ3) is 4.36. The van der Waals surface area contributed by atoms with Crippen LogP contribution >= 0.6 is 11.3 Å². The van der Waals surface area contributed by atoms with Crippen LogP contribution < -0.4 is 0 Å². The van der Waals surface area contributed by atoms with Crippen molar-refractivity contribution in [3.63, 3.8) is 0 Å². The van der Waals surface area contributed by atoms with Crippen molar-refractivity contribution in [2.24, 2.45) is 0 Å². The lowest BCUT2D eigenvalue weighted by atomic mass is 9.96. The number of benzene rings is 8. The number of hydrogen-bond acceptors (Lipinski definition) is 4. The van der Waals surface area contributed by atoms with Gasteiger partial charge in [0.15, 0.2) is 5.82 Å². The van der Waals surface area contributed by atoms with E-state index < -0.39 is 0 Å². The molecule has 4 nitrogen and oxygen atoms in total. The summed E-state index contributed by atoms with van der Waals surface area (Å²) in [6.45, 7) is 0. The number of rotatable bonds is 4. The highest BCUT2D eigenvalue weighted by atomic mass is 32.1. The predicted octanol–water partition coefficient (Wildman–Crippen LogP) is 12.6. The lowest BCUT2D eigenvalue weighted by Gasteiger charge is -2.14. The standard InChI is InChI=1S/C47H28N4S/c1-3-14-29(15-4-1)43-37-24-11-12-25-38(37)48-46(50-43)31-18-13-19-32(28-31)51-40-27-26-39-45(52-47(49-39)30-16-5-2-6-17-30)42(40)41-35-22-9-7-20-33(35)34-21-8-10-23-36(34)44(41)51/h1-28H. The largest absolute Gasteiger partial charge is 0.309 e. The van der Waals surface area contributed by atoms with E-state index in [1.165, 1.54) is 42.5 Å². The van der Waals surface area contributed by atoms with Crippen LogP contribution in [-0.2, 0) is 0 Å². The molecule has 52 heavy (non-hydrogen) atoms. The predicted molar refractivity (Wildman–Crippen MR) is 218 cm³/mol. The van der Waals surface area contributed by atoms with Gasteiger partial charge in [-0.25, -0.2) is 15.0 Å². The molecule has 0 atom stereocenters. The molecule has 0 radical (unpaired) electrons. The molecule has 242 valence electrons. The molecule has 3 aromatic heterocycles. The van der Waals surface area contributed by atoms with Gasteiger partial charge in [-0.15, -0.1) is 11.3 Å². The van der Waals surface area contributed by atoms with Gasteiger partial charge in [-0.2, -0.15) is 0 Å². The zero-order valence-corrected chi connectivity index (χ0v) is 28.7. The molecule has 0 amide bonds. The summed E-state index contributed by atoms with van der Waals surface area (Å²) in [4.78, 5) is 15.5. The minimum atomic E-state index is 0.702. The molecular weight excluding hydrogens is 653 g/mol. The van der Waals surface area contributed by atoms with Crippen molar-refractivity contribution in [1.29, 1.82) is 0 Å². The number of hydrogen-bond donors (Lipinski definition) is 0. The van der Waals surface area contributed by atoms with E-state index in [0.717, 1.165) is 55.0 Å². The molecule has 0 aliphatic rings. The van der Waals surface area contributed by atoms with E-state index in [4.69, 9.17) is 15.0 Å². The van der Waals surface area contributed by atoms with E-state index >= 15 is 0 Å². The Morgan fingerprint density at radius 2 is 1.06 bits per heavy atom. The quantitative estimate of drug-likeness (QED) is 0.174. The first-order valence-electron chi connectivity index (χ1n) is 17.5. The second-order valence-corrected chi connectivity index (χ2v) is 14.2. The Balaban J connectivity index is 1.24. The van der Waals surface area contributed by atoms with E-state index in [1.54, 1.807) is 11.3 Å². The minimum Gasteiger partial charge on any atom is -0.309 e. The Kier molecular flexibility index (Phi) is 6.39. The maximum absolute atomic E-state index is 5.22. The topological polar surface area (TPSA) is 43.6 Å². The van der Waals surface area contributed by atoms with Crippen LogP contribution in [0.3, 0.4) is 0 Å². The van der Waals surface area contributed by atoms with Crippen molar-refractivity contribution in [1.82, 2.24) is 19.5 Å². The highest BCUT2D eigenvalue weighted by Gasteiger charge is 2.23. The normalized spacial score (nSPS) is 11.8. The van der Waals surface area contributed by atoms with Crippen LogP contribution in [0.25, 0.3) is 103 Å². The molecular formula is C47H28N4S. The van der Waals surface area contributed by atoms with Gasteiger partial charge in [0.2, 0.25) is 0 Å². The fourth-order valence-electron chi connectivity index (χ4n) is 7.92. The Bertz CT molecular complexity index is 3180. The molecule has 0 N–H and O–H groups in total. The van der Waals surface area contributed by atoms with E-state index in [-0.39, 0.29) is 0 Å². The van der Waals surface area contributed by atoms with Gasteiger partial charge in [-0.1, -0.05) is 140 Å². The summed E-state index contributed by atoms with van der Waals surface area (Å²) in [5, 5.41) is 9.49. The van der Waals surface area contributed by atoms with E-state index in [2.05, 4.69) is 162 Å². The van der Waals surface area contributed by atoms with Crippen LogP contribution in [-0.4, -0.2) is 19.5 Å². The molecule has 0 spiro atoms. The highest BCUT2D eigenvalue weighted by molar-refractivity contribution is 7.22. The molecule has 11 aromatic rings. The Hall–Kier alpha value is -6.69. The lowest BCUT2D eigenvalue weighted by Crippen LogP contribution is -1.98. The molecule has 11 rings (SSSR count). The minimum absolute atomic E-state index is 0.702. The van der Waals surface area contributed by atoms with Gasteiger partial charge in [0.25, 0.3) is 0 Å². The Morgan fingerprint density at radius 1 is 0.423 bits per heavy atom. The van der Waals surface area contributed by atoms with Crippen molar-refractivity contribution in [2.45, 2.75) is 0 Å². The number of fused-ring (bicyclic) bond motifs is 11. The average Bonchev–Trinajstić information content (AvgIpc) is 3.82. The van der Waals surface area contributed by atoms with Gasteiger partial charge in [0.1, 0.15) is 5.01 Å². The first-order chi connectivity index (χ1) is 25.8. The summed E-state index contributed by atoms with van der Waals surface area (Å²) >= 11 is 1.77. The van der Waals surface area contributed by atoms with E-state index in [0.29, 0.717) is 5.82 Å². The summed E-state index contributed by atoms with van der Waals surface area (Å²) < 4.78 is 3.64. The number of nitrogens with zero attached hydrogens (tertiary/aromatic N) is 4. The molecule has 0 saturated carbocycles. The van der Waals surface area contributed by atoms with Crippen molar-refractivity contribution < 1.29 is 0 Å². The zero-order chi connectivity index (χ0) is 34.2. The van der Waals surface area contributed by atoms with Gasteiger partial charge in [0.05, 0.1) is 32.5 Å². The molecule has 5 heteroatoms. The summed E-state index contributed by atoms with van der Waals surface area (Å²) in [6.07, 6.45) is 0. The SMILES string of the molecule is c1ccc(-c2nc3ccc4c(c3s2)c2c3ccccc3c3ccccc3c2n4-c2cccc(-c3nc(-c4ccccc4)c4ccccc4n3)c2)cc1. The molecule has 3 heterocycles. The van der Waals surface area contributed by atoms with Crippen LogP contribution in [0.15, 0.2) is 170 Å². The summed E-state index contributed by atoms with van der Waals surface area (Å²) in [5.41, 5.74) is 9.43. The molecule has 0 bridgehead atoms. The van der Waals surface area contributed by atoms with Crippen molar-refractivity contribution >= 4 is 75.8 Å². The average molecular weight is 681 g/mol. The number of thiazole rings is 1. The van der Waals surface area contributed by atoms with Crippen molar-refractivity contribution in [3.8, 4) is 38.9 Å². The summed E-state index contributed by atoms with van der Waals surface area (Å²) in [7, 11) is 0. The molecule has 0 aliphatic heterocycles. The maximum atomic E-state index is 5.22. The van der Waals surface area contributed by atoms with Crippen LogP contribution in [0, 0.1) is 0 Å². The smallest absolute Gasteiger partial charge is 0.160 e. The maximum Gasteiger partial charge on any atom is 0.160 e. The first-order valence-corrected chi connectivity index (χ1v) is 18.3. The molecule has 0 aliphatic carbocycles. The number of aromatic nitrogens is 4. The third-order valence-electron chi connectivity index (χ3n) is 10.2. The Morgan fingerprint density at radius 3 is 1.85 bits per heavy atom. The van der Waals surface area contributed by atoms with Gasteiger partial charge in [-0.05, 0) is 46.5 Å². The van der Waals surface area contributed by atoms with Crippen LogP contribution in [0.1, 0.15) is 0 Å². The van der Waals surface area contributed by atoms with E-state index in [1.807, 2.05) is 12.1 Å².